The van der Waals surface area contributed by atoms with Crippen LogP contribution in [0, 0.1) is 6.92 Å². The van der Waals surface area contributed by atoms with Gasteiger partial charge in [-0.25, -0.2) is 0 Å². The van der Waals surface area contributed by atoms with Crippen molar-refractivity contribution in [1.29, 1.82) is 0 Å². The average Bonchev–Trinajstić information content (AvgIpc) is 2.84. The molecule has 3 aromatic carbocycles. The summed E-state index contributed by atoms with van der Waals surface area (Å²) in [4.78, 5) is 29.5. The van der Waals surface area contributed by atoms with Crippen molar-refractivity contribution >= 4 is 46.8 Å². The zero-order chi connectivity index (χ0) is 25.2. The van der Waals surface area contributed by atoms with Crippen LogP contribution in [-0.2, 0) is 22.6 Å². The molecular weight excluding hydrogens is 499 g/mol. The van der Waals surface area contributed by atoms with Crippen LogP contribution in [0.4, 0.5) is 0 Å². The fraction of sp³-hybridized carbons (Fsp3) is 0.286. The van der Waals surface area contributed by atoms with Crippen LogP contribution in [0.15, 0.2) is 77.7 Å². The van der Waals surface area contributed by atoms with Crippen LogP contribution < -0.4 is 5.32 Å². The van der Waals surface area contributed by atoms with E-state index in [4.69, 9.17) is 23.2 Å². The van der Waals surface area contributed by atoms with Gasteiger partial charge in [-0.1, -0.05) is 77.3 Å². The smallest absolute Gasteiger partial charge is 0.243 e. The van der Waals surface area contributed by atoms with Gasteiger partial charge in [-0.05, 0) is 49.2 Å². The molecule has 0 aliphatic carbocycles. The standard InChI is InChI=1S/C28H30Cl2N2O2S/c1-3-31-28(34)26(17-21-7-5-4-6-8-21)32(19-22-11-12-23(29)18-25(22)30)27(33)15-16-35-24-13-9-20(2)10-14-24/h4-14,18,26H,3,15-17,19H2,1-2H3,(H,31,34)/t26-/m0/s1. The van der Waals surface area contributed by atoms with E-state index in [0.717, 1.165) is 16.0 Å². The van der Waals surface area contributed by atoms with E-state index in [1.54, 1.807) is 28.8 Å². The maximum Gasteiger partial charge on any atom is 0.243 e. The van der Waals surface area contributed by atoms with Gasteiger partial charge in [0.2, 0.25) is 11.8 Å². The third kappa shape index (κ3) is 8.31. The highest BCUT2D eigenvalue weighted by Gasteiger charge is 2.30. The number of hydrogen-bond acceptors (Lipinski definition) is 3. The molecule has 0 aliphatic heterocycles. The summed E-state index contributed by atoms with van der Waals surface area (Å²) >= 11 is 14.2. The number of likely N-dealkylation sites (N-methyl/N-ethyl adjacent to an activating group) is 1. The van der Waals surface area contributed by atoms with Crippen LogP contribution in [0.3, 0.4) is 0 Å². The van der Waals surface area contributed by atoms with Crippen LogP contribution in [0.1, 0.15) is 30.0 Å². The van der Waals surface area contributed by atoms with Crippen molar-refractivity contribution < 1.29 is 9.59 Å². The molecule has 0 saturated carbocycles. The molecule has 3 aromatic rings. The first kappa shape index (κ1) is 27.1. The Morgan fingerprint density at radius 3 is 2.37 bits per heavy atom. The maximum atomic E-state index is 13.6. The Morgan fingerprint density at radius 1 is 1.00 bits per heavy atom. The Balaban J connectivity index is 1.85. The fourth-order valence-electron chi connectivity index (χ4n) is 3.71. The molecule has 0 saturated heterocycles. The van der Waals surface area contributed by atoms with Gasteiger partial charge in [0, 0.05) is 46.6 Å². The number of benzene rings is 3. The van der Waals surface area contributed by atoms with Gasteiger partial charge in [-0.15, -0.1) is 11.8 Å². The van der Waals surface area contributed by atoms with Gasteiger partial charge in [-0.3, -0.25) is 9.59 Å². The minimum atomic E-state index is -0.666. The second-order valence-corrected chi connectivity index (χ2v) is 10.3. The second-order valence-electron chi connectivity index (χ2n) is 8.27. The summed E-state index contributed by atoms with van der Waals surface area (Å²) in [6.45, 7) is 4.62. The van der Waals surface area contributed by atoms with E-state index in [-0.39, 0.29) is 18.4 Å². The number of hydrogen-bond donors (Lipinski definition) is 1. The molecule has 0 radical (unpaired) electrons. The quantitative estimate of drug-likeness (QED) is 0.286. The molecule has 2 amide bonds. The van der Waals surface area contributed by atoms with Gasteiger partial charge in [0.15, 0.2) is 0 Å². The molecule has 0 heterocycles. The molecule has 0 aliphatic rings. The Morgan fingerprint density at radius 2 is 1.71 bits per heavy atom. The number of aryl methyl sites for hydroxylation is 1. The lowest BCUT2D eigenvalue weighted by Gasteiger charge is -2.32. The molecule has 0 spiro atoms. The molecule has 184 valence electrons. The molecule has 0 unspecified atom stereocenters. The van der Waals surface area contributed by atoms with Crippen LogP contribution in [0.25, 0.3) is 0 Å². The van der Waals surface area contributed by atoms with E-state index >= 15 is 0 Å². The van der Waals surface area contributed by atoms with Crippen LogP contribution in [0.2, 0.25) is 10.0 Å². The van der Waals surface area contributed by atoms with Gasteiger partial charge in [-0.2, -0.15) is 0 Å². The zero-order valence-corrected chi connectivity index (χ0v) is 22.3. The molecule has 3 rings (SSSR count). The predicted octanol–water partition coefficient (Wildman–Crippen LogP) is 6.56. The minimum absolute atomic E-state index is 0.0946. The Labute approximate surface area is 222 Å². The van der Waals surface area contributed by atoms with Gasteiger partial charge in [0.1, 0.15) is 6.04 Å². The molecular formula is C28H30Cl2N2O2S. The second kappa shape index (κ2) is 13.6. The lowest BCUT2D eigenvalue weighted by molar-refractivity contribution is -0.140. The highest BCUT2D eigenvalue weighted by atomic mass is 35.5. The Kier molecular flexibility index (Phi) is 10.5. The van der Waals surface area contributed by atoms with Crippen molar-refractivity contribution in [3.05, 3.63) is 99.5 Å². The molecule has 0 bridgehead atoms. The lowest BCUT2D eigenvalue weighted by atomic mass is 10.0. The Bertz CT molecular complexity index is 1120. The van der Waals surface area contributed by atoms with Gasteiger partial charge < -0.3 is 10.2 Å². The highest BCUT2D eigenvalue weighted by Crippen LogP contribution is 2.25. The summed E-state index contributed by atoms with van der Waals surface area (Å²) in [5.74, 6) is 0.337. The topological polar surface area (TPSA) is 49.4 Å². The number of nitrogens with one attached hydrogen (secondary N) is 1. The van der Waals surface area contributed by atoms with Crippen LogP contribution in [0.5, 0.6) is 0 Å². The van der Waals surface area contributed by atoms with Crippen molar-refractivity contribution in [2.45, 2.75) is 44.2 Å². The molecule has 35 heavy (non-hydrogen) atoms. The fourth-order valence-corrected chi connectivity index (χ4v) is 5.02. The lowest BCUT2D eigenvalue weighted by Crippen LogP contribution is -2.50. The molecule has 1 N–H and O–H groups in total. The summed E-state index contributed by atoms with van der Waals surface area (Å²) in [5, 5.41) is 3.90. The molecule has 0 fully saturated rings. The van der Waals surface area contributed by atoms with Crippen LogP contribution in [-0.4, -0.2) is 35.1 Å². The summed E-state index contributed by atoms with van der Waals surface area (Å²) in [6, 6.07) is 22.5. The summed E-state index contributed by atoms with van der Waals surface area (Å²) in [6.07, 6.45) is 0.711. The van der Waals surface area contributed by atoms with Crippen molar-refractivity contribution in [3.63, 3.8) is 0 Å². The van der Waals surface area contributed by atoms with E-state index in [1.807, 2.05) is 50.2 Å². The monoisotopic (exact) mass is 528 g/mol. The first-order valence-corrected chi connectivity index (χ1v) is 13.4. The Hall–Kier alpha value is -2.47. The largest absolute Gasteiger partial charge is 0.355 e. The normalized spacial score (nSPS) is 11.7. The summed E-state index contributed by atoms with van der Waals surface area (Å²) in [7, 11) is 0. The first-order chi connectivity index (χ1) is 16.9. The molecule has 0 aromatic heterocycles. The van der Waals surface area contributed by atoms with E-state index in [0.29, 0.717) is 35.2 Å². The third-order valence-corrected chi connectivity index (χ3v) is 7.18. The van der Waals surface area contributed by atoms with E-state index < -0.39 is 6.04 Å². The number of halogens is 2. The average molecular weight is 530 g/mol. The predicted molar refractivity (Wildman–Crippen MR) is 146 cm³/mol. The van der Waals surface area contributed by atoms with Gasteiger partial charge in [0.25, 0.3) is 0 Å². The number of thioether (sulfide) groups is 1. The maximum absolute atomic E-state index is 13.6. The first-order valence-electron chi connectivity index (χ1n) is 11.6. The van der Waals surface area contributed by atoms with Crippen LogP contribution >= 0.6 is 35.0 Å². The number of carbonyl (C=O) groups is 2. The van der Waals surface area contributed by atoms with Crippen molar-refractivity contribution in [2.24, 2.45) is 0 Å². The third-order valence-electron chi connectivity index (χ3n) is 5.58. The van der Waals surface area contributed by atoms with E-state index in [1.165, 1.54) is 5.56 Å². The minimum Gasteiger partial charge on any atom is -0.355 e. The highest BCUT2D eigenvalue weighted by molar-refractivity contribution is 7.99. The molecule has 4 nitrogen and oxygen atoms in total. The number of rotatable bonds is 11. The molecule has 1 atom stereocenters. The summed E-state index contributed by atoms with van der Waals surface area (Å²) in [5.41, 5.74) is 2.93. The van der Waals surface area contributed by atoms with Gasteiger partial charge in [0.05, 0.1) is 0 Å². The number of amides is 2. The van der Waals surface area contributed by atoms with E-state index in [2.05, 4.69) is 29.6 Å². The van der Waals surface area contributed by atoms with E-state index in [9.17, 15) is 9.59 Å². The summed E-state index contributed by atoms with van der Waals surface area (Å²) < 4.78 is 0. The molecule has 7 heteroatoms. The zero-order valence-electron chi connectivity index (χ0n) is 20.0. The van der Waals surface area contributed by atoms with Crippen molar-refractivity contribution in [1.82, 2.24) is 10.2 Å². The van der Waals surface area contributed by atoms with Crippen molar-refractivity contribution in [2.75, 3.05) is 12.3 Å². The SMILES string of the molecule is CCNC(=O)[C@H](Cc1ccccc1)N(Cc1ccc(Cl)cc1Cl)C(=O)CCSc1ccc(C)cc1. The van der Waals surface area contributed by atoms with Gasteiger partial charge >= 0.3 is 0 Å². The number of carbonyl (C=O) groups excluding carboxylic acids is 2. The van der Waals surface area contributed by atoms with Crippen molar-refractivity contribution in [3.8, 4) is 0 Å². The number of nitrogens with zero attached hydrogens (tertiary/aromatic N) is 1.